The highest BCUT2D eigenvalue weighted by atomic mass is 16.6. The summed E-state index contributed by atoms with van der Waals surface area (Å²) in [5.74, 6) is -0.970. The van der Waals surface area contributed by atoms with Crippen molar-refractivity contribution in [3.63, 3.8) is 0 Å². The maximum atomic E-state index is 11.2. The third-order valence-corrected chi connectivity index (χ3v) is 2.26. The van der Waals surface area contributed by atoms with Crippen LogP contribution in [0.15, 0.2) is 4.99 Å². The normalized spacial score (nSPS) is 13.4. The lowest BCUT2D eigenvalue weighted by molar-refractivity contribution is -0.138. The van der Waals surface area contributed by atoms with Crippen molar-refractivity contribution in [1.82, 2.24) is 5.32 Å². The first kappa shape index (κ1) is 18.5. The summed E-state index contributed by atoms with van der Waals surface area (Å²) in [4.78, 5) is 25.3. The molecule has 0 rings (SSSR count). The van der Waals surface area contributed by atoms with E-state index < -0.39 is 23.7 Å². The second kappa shape index (κ2) is 9.44. The first-order valence-electron chi connectivity index (χ1n) is 6.67. The van der Waals surface area contributed by atoms with Gasteiger partial charge in [0.25, 0.3) is 0 Å². The van der Waals surface area contributed by atoms with Crippen LogP contribution in [-0.4, -0.2) is 48.1 Å². The Morgan fingerprint density at radius 1 is 1.40 bits per heavy atom. The molecule has 0 aliphatic rings. The van der Waals surface area contributed by atoms with E-state index in [4.69, 9.17) is 15.6 Å². The fraction of sp³-hybridized carbons (Fsp3) is 0.769. The number of hydrogen-bond donors (Lipinski definition) is 3. The number of nitrogens with one attached hydrogen (secondary N) is 1. The van der Waals surface area contributed by atoms with Gasteiger partial charge in [0.1, 0.15) is 11.6 Å². The first-order chi connectivity index (χ1) is 9.22. The lowest BCUT2D eigenvalue weighted by Crippen LogP contribution is -2.30. The molecule has 0 aliphatic heterocycles. The number of rotatable bonds is 8. The summed E-state index contributed by atoms with van der Waals surface area (Å²) in [5.41, 5.74) is 4.83. The van der Waals surface area contributed by atoms with Gasteiger partial charge in [0.05, 0.1) is 0 Å². The first-order valence-corrected chi connectivity index (χ1v) is 6.67. The molecule has 1 unspecified atom stereocenters. The molecule has 0 radical (unpaired) electrons. The molecular weight excluding hydrogens is 262 g/mol. The second-order valence-electron chi connectivity index (χ2n) is 5.44. The predicted octanol–water partition coefficient (Wildman–Crippen LogP) is 1.16. The van der Waals surface area contributed by atoms with E-state index in [1.165, 1.54) is 6.21 Å². The number of nitrogens with zero attached hydrogens (tertiary/aromatic N) is 1. The fourth-order valence-corrected chi connectivity index (χ4v) is 1.31. The van der Waals surface area contributed by atoms with Crippen LogP contribution < -0.4 is 11.1 Å². The molecule has 7 nitrogen and oxygen atoms in total. The average molecular weight is 287 g/mol. The van der Waals surface area contributed by atoms with E-state index in [9.17, 15) is 9.59 Å². The number of aliphatic imine (C=N–C) groups is 1. The highest BCUT2D eigenvalue weighted by Gasteiger charge is 2.14. The summed E-state index contributed by atoms with van der Waals surface area (Å²) in [6.07, 6.45) is 2.87. The van der Waals surface area contributed by atoms with Gasteiger partial charge in [0.2, 0.25) is 0 Å². The Hall–Kier alpha value is -1.47. The molecule has 1 amide bonds. The Kier molecular flexibility index (Phi) is 8.74. The number of carboxylic acids is 1. The van der Waals surface area contributed by atoms with Gasteiger partial charge in [-0.05, 0) is 40.2 Å². The Balaban J connectivity index is 3.53. The summed E-state index contributed by atoms with van der Waals surface area (Å²) in [6, 6.07) is -0.788. The number of nitrogens with two attached hydrogens (primary N) is 1. The van der Waals surface area contributed by atoms with Crippen molar-refractivity contribution in [3.05, 3.63) is 0 Å². The monoisotopic (exact) mass is 287 g/mol. The van der Waals surface area contributed by atoms with Crippen molar-refractivity contribution in [2.24, 2.45) is 10.7 Å². The quantitative estimate of drug-likeness (QED) is 0.456. The van der Waals surface area contributed by atoms with Crippen LogP contribution in [0, 0.1) is 0 Å². The molecule has 0 saturated carbocycles. The third kappa shape index (κ3) is 11.6. The van der Waals surface area contributed by atoms with Crippen molar-refractivity contribution in [3.8, 4) is 0 Å². The minimum Gasteiger partial charge on any atom is -0.480 e. The SMILES string of the molecule is CC(C)(C)OC(=O)N=CCNCCCCC(N)C(=O)O. The van der Waals surface area contributed by atoms with E-state index in [-0.39, 0.29) is 0 Å². The van der Waals surface area contributed by atoms with Crippen molar-refractivity contribution in [1.29, 1.82) is 0 Å². The van der Waals surface area contributed by atoms with Crippen LogP contribution in [0.2, 0.25) is 0 Å². The smallest absolute Gasteiger partial charge is 0.433 e. The van der Waals surface area contributed by atoms with Crippen molar-refractivity contribution in [2.45, 2.75) is 51.7 Å². The van der Waals surface area contributed by atoms with Gasteiger partial charge in [-0.2, -0.15) is 4.99 Å². The number of unbranched alkanes of at least 4 members (excludes halogenated alkanes) is 1. The second-order valence-corrected chi connectivity index (χ2v) is 5.44. The predicted molar refractivity (Wildman–Crippen MR) is 77.1 cm³/mol. The molecule has 0 spiro atoms. The molecule has 0 aromatic heterocycles. The third-order valence-electron chi connectivity index (χ3n) is 2.26. The molecule has 0 fully saturated rings. The Morgan fingerprint density at radius 2 is 2.05 bits per heavy atom. The van der Waals surface area contributed by atoms with Crippen LogP contribution in [0.1, 0.15) is 40.0 Å². The van der Waals surface area contributed by atoms with E-state index >= 15 is 0 Å². The van der Waals surface area contributed by atoms with Crippen LogP contribution in [0.3, 0.4) is 0 Å². The summed E-state index contributed by atoms with van der Waals surface area (Å²) < 4.78 is 5.00. The maximum Gasteiger partial charge on any atom is 0.433 e. The Labute approximate surface area is 119 Å². The van der Waals surface area contributed by atoms with Gasteiger partial charge in [-0.15, -0.1) is 0 Å². The van der Waals surface area contributed by atoms with Crippen LogP contribution in [0.5, 0.6) is 0 Å². The summed E-state index contributed by atoms with van der Waals surface area (Å²) in [5, 5.41) is 11.6. The van der Waals surface area contributed by atoms with E-state index in [2.05, 4.69) is 10.3 Å². The molecule has 0 aromatic carbocycles. The number of aliphatic carboxylic acids is 1. The van der Waals surface area contributed by atoms with Crippen LogP contribution in [0.4, 0.5) is 4.79 Å². The highest BCUT2D eigenvalue weighted by molar-refractivity contribution is 5.80. The number of carboxylic acid groups (broad SMARTS) is 1. The summed E-state index contributed by atoms with van der Waals surface area (Å²) in [7, 11) is 0. The van der Waals surface area contributed by atoms with Gasteiger partial charge in [-0.3, -0.25) is 4.79 Å². The zero-order chi connectivity index (χ0) is 15.6. The summed E-state index contributed by atoms with van der Waals surface area (Å²) in [6.45, 7) is 6.51. The van der Waals surface area contributed by atoms with Gasteiger partial charge in [0, 0.05) is 12.8 Å². The molecular formula is C13H25N3O4. The standard InChI is InChI=1S/C13H25N3O4/c1-13(2,3)20-12(19)16-9-8-15-7-5-4-6-10(14)11(17)18/h9-10,15H,4-8,14H2,1-3H3,(H,17,18). The van der Waals surface area contributed by atoms with Crippen molar-refractivity contribution >= 4 is 18.3 Å². The molecule has 20 heavy (non-hydrogen) atoms. The van der Waals surface area contributed by atoms with E-state index in [1.807, 2.05) is 0 Å². The minimum absolute atomic E-state index is 0.461. The Bertz CT molecular complexity index is 337. The van der Waals surface area contributed by atoms with Crippen LogP contribution in [-0.2, 0) is 9.53 Å². The van der Waals surface area contributed by atoms with E-state index in [0.717, 1.165) is 12.8 Å². The minimum atomic E-state index is -0.970. The molecule has 1 atom stereocenters. The van der Waals surface area contributed by atoms with Crippen LogP contribution in [0.25, 0.3) is 0 Å². The van der Waals surface area contributed by atoms with Crippen molar-refractivity contribution in [2.75, 3.05) is 13.1 Å². The lowest BCUT2D eigenvalue weighted by atomic mass is 10.1. The van der Waals surface area contributed by atoms with Gasteiger partial charge in [-0.25, -0.2) is 4.79 Å². The maximum absolute atomic E-state index is 11.2. The number of hydrogen-bond acceptors (Lipinski definition) is 5. The van der Waals surface area contributed by atoms with Gasteiger partial charge in [-0.1, -0.05) is 6.42 Å². The van der Waals surface area contributed by atoms with Gasteiger partial charge >= 0.3 is 12.1 Å². The Morgan fingerprint density at radius 3 is 2.60 bits per heavy atom. The largest absolute Gasteiger partial charge is 0.480 e. The molecule has 0 heterocycles. The number of amides is 1. The molecule has 0 saturated heterocycles. The number of carbonyl (C=O) groups excluding carboxylic acids is 1. The van der Waals surface area contributed by atoms with Crippen molar-refractivity contribution < 1.29 is 19.4 Å². The zero-order valence-electron chi connectivity index (χ0n) is 12.4. The molecule has 4 N–H and O–H groups in total. The summed E-state index contributed by atoms with van der Waals surface area (Å²) >= 11 is 0. The van der Waals surface area contributed by atoms with Gasteiger partial charge in [0.15, 0.2) is 0 Å². The number of ether oxygens (including phenoxy) is 1. The zero-order valence-corrected chi connectivity index (χ0v) is 12.4. The molecule has 116 valence electrons. The highest BCUT2D eigenvalue weighted by Crippen LogP contribution is 2.07. The molecule has 7 heteroatoms. The topological polar surface area (TPSA) is 114 Å². The van der Waals surface area contributed by atoms with Gasteiger partial charge < -0.3 is 20.9 Å². The molecule has 0 aromatic rings. The molecule has 0 aliphatic carbocycles. The molecule has 0 bridgehead atoms. The van der Waals surface area contributed by atoms with Crippen LogP contribution >= 0.6 is 0 Å². The van der Waals surface area contributed by atoms with E-state index in [0.29, 0.717) is 19.5 Å². The fourth-order valence-electron chi connectivity index (χ4n) is 1.31. The number of carbonyl (C=O) groups is 2. The van der Waals surface area contributed by atoms with E-state index in [1.54, 1.807) is 20.8 Å². The average Bonchev–Trinajstić information content (AvgIpc) is 2.29. The lowest BCUT2D eigenvalue weighted by Gasteiger charge is -2.17.